The van der Waals surface area contributed by atoms with E-state index in [4.69, 9.17) is 15.6 Å². The van der Waals surface area contributed by atoms with Crippen LogP contribution in [0.15, 0.2) is 12.3 Å². The van der Waals surface area contributed by atoms with Crippen LogP contribution in [-0.2, 0) is 4.74 Å². The van der Waals surface area contributed by atoms with Gasteiger partial charge in [0.25, 0.3) is 0 Å². The van der Waals surface area contributed by atoms with E-state index in [0.717, 1.165) is 25.9 Å². The number of nitrogens with zero attached hydrogens (tertiary/aromatic N) is 2. The molecule has 0 saturated carbocycles. The summed E-state index contributed by atoms with van der Waals surface area (Å²) in [6.07, 6.45) is 4.05. The van der Waals surface area contributed by atoms with Crippen molar-refractivity contribution >= 4 is 17.5 Å². The Morgan fingerprint density at radius 1 is 1.44 bits per heavy atom. The summed E-state index contributed by atoms with van der Waals surface area (Å²) in [4.78, 5) is 17.4. The second kappa shape index (κ2) is 4.13. The summed E-state index contributed by atoms with van der Waals surface area (Å²) in [7, 11) is 0. The second-order valence-electron chi connectivity index (χ2n) is 4.80. The Morgan fingerprint density at radius 2 is 2.11 bits per heavy atom. The summed E-state index contributed by atoms with van der Waals surface area (Å²) in [6, 6.07) is 1.54. The monoisotopic (exact) mass is 249 g/mol. The lowest BCUT2D eigenvalue weighted by molar-refractivity contribution is 0.0302. The normalized spacial score (nSPS) is 26.3. The van der Waals surface area contributed by atoms with Crippen molar-refractivity contribution in [2.24, 2.45) is 0 Å². The molecule has 1 aromatic heterocycles. The zero-order chi connectivity index (χ0) is 12.7. The van der Waals surface area contributed by atoms with E-state index in [9.17, 15) is 4.79 Å². The molecule has 3 rings (SSSR count). The molecule has 2 unspecified atom stereocenters. The molecule has 0 spiro atoms. The van der Waals surface area contributed by atoms with Crippen LogP contribution in [0.4, 0.5) is 11.5 Å². The van der Waals surface area contributed by atoms with Gasteiger partial charge in [-0.2, -0.15) is 0 Å². The third-order valence-electron chi connectivity index (χ3n) is 3.52. The first-order valence-corrected chi connectivity index (χ1v) is 6.02. The lowest BCUT2D eigenvalue weighted by atomic mass is 10.2. The number of hydrogen-bond donors (Lipinski definition) is 2. The fourth-order valence-corrected chi connectivity index (χ4v) is 2.61. The van der Waals surface area contributed by atoms with E-state index < -0.39 is 5.97 Å². The molecular weight excluding hydrogens is 234 g/mol. The van der Waals surface area contributed by atoms with E-state index in [1.165, 1.54) is 6.20 Å². The second-order valence-corrected chi connectivity index (χ2v) is 4.80. The van der Waals surface area contributed by atoms with Crippen LogP contribution >= 0.6 is 0 Å². The van der Waals surface area contributed by atoms with Crippen molar-refractivity contribution in [2.75, 3.05) is 23.7 Å². The van der Waals surface area contributed by atoms with Gasteiger partial charge in [0.1, 0.15) is 5.82 Å². The molecule has 6 nitrogen and oxygen atoms in total. The van der Waals surface area contributed by atoms with Crippen molar-refractivity contribution in [2.45, 2.75) is 25.0 Å². The van der Waals surface area contributed by atoms with Crippen molar-refractivity contribution in [3.63, 3.8) is 0 Å². The largest absolute Gasteiger partial charge is 0.478 e. The maximum absolute atomic E-state index is 11.0. The Kier molecular flexibility index (Phi) is 2.59. The first kappa shape index (κ1) is 11.3. The molecule has 2 fully saturated rings. The molecule has 0 radical (unpaired) electrons. The number of carbonyl (C=O) groups is 1. The van der Waals surface area contributed by atoms with Crippen LogP contribution in [0, 0.1) is 0 Å². The Labute approximate surface area is 104 Å². The summed E-state index contributed by atoms with van der Waals surface area (Å²) in [5, 5.41) is 9.05. The smallest absolute Gasteiger partial charge is 0.337 e. The van der Waals surface area contributed by atoms with Gasteiger partial charge in [0, 0.05) is 13.1 Å². The van der Waals surface area contributed by atoms with Crippen LogP contribution in [0.2, 0.25) is 0 Å². The number of aromatic carboxylic acids is 1. The van der Waals surface area contributed by atoms with Gasteiger partial charge in [0.2, 0.25) is 0 Å². The molecule has 0 amide bonds. The van der Waals surface area contributed by atoms with Gasteiger partial charge in [-0.05, 0) is 18.9 Å². The van der Waals surface area contributed by atoms with Crippen molar-refractivity contribution < 1.29 is 14.6 Å². The van der Waals surface area contributed by atoms with Crippen LogP contribution in [0.5, 0.6) is 0 Å². The summed E-state index contributed by atoms with van der Waals surface area (Å²) in [5.41, 5.74) is 5.91. The highest BCUT2D eigenvalue weighted by Crippen LogP contribution is 2.29. The third kappa shape index (κ3) is 1.88. The van der Waals surface area contributed by atoms with Gasteiger partial charge in [-0.25, -0.2) is 9.78 Å². The molecule has 0 aliphatic carbocycles. The molecule has 6 heteroatoms. The zero-order valence-corrected chi connectivity index (χ0v) is 9.87. The molecule has 3 N–H and O–H groups in total. The van der Waals surface area contributed by atoms with Crippen molar-refractivity contribution in [1.29, 1.82) is 0 Å². The predicted octanol–water partition coefficient (Wildman–Crippen LogP) is 0.730. The van der Waals surface area contributed by atoms with Gasteiger partial charge < -0.3 is 20.5 Å². The van der Waals surface area contributed by atoms with Crippen LogP contribution in [0.3, 0.4) is 0 Å². The van der Waals surface area contributed by atoms with Crippen LogP contribution in [0.25, 0.3) is 0 Å². The molecule has 2 bridgehead atoms. The number of fused-ring (bicyclic) bond motifs is 2. The first-order valence-electron chi connectivity index (χ1n) is 6.02. The molecular formula is C12H15N3O3. The number of hydrogen-bond acceptors (Lipinski definition) is 5. The highest BCUT2D eigenvalue weighted by Gasteiger charge is 2.34. The maximum atomic E-state index is 11.0. The summed E-state index contributed by atoms with van der Waals surface area (Å²) >= 11 is 0. The predicted molar refractivity (Wildman–Crippen MR) is 65.7 cm³/mol. The van der Waals surface area contributed by atoms with E-state index in [1.807, 2.05) is 0 Å². The van der Waals surface area contributed by atoms with E-state index in [-0.39, 0.29) is 23.5 Å². The highest BCUT2D eigenvalue weighted by atomic mass is 16.5. The maximum Gasteiger partial charge on any atom is 0.337 e. The minimum absolute atomic E-state index is 0.110. The SMILES string of the molecule is Nc1cnc(N2CC3CCC(C2)O3)cc1C(=O)O. The Bertz CT molecular complexity index is 479. The average molecular weight is 249 g/mol. The lowest BCUT2D eigenvalue weighted by Gasteiger charge is -2.33. The van der Waals surface area contributed by atoms with Gasteiger partial charge in [-0.1, -0.05) is 0 Å². The molecule has 2 saturated heterocycles. The number of aromatic nitrogens is 1. The summed E-state index contributed by atoms with van der Waals surface area (Å²) in [5.74, 6) is -0.353. The van der Waals surface area contributed by atoms with E-state index >= 15 is 0 Å². The summed E-state index contributed by atoms with van der Waals surface area (Å²) in [6.45, 7) is 1.54. The van der Waals surface area contributed by atoms with E-state index in [1.54, 1.807) is 6.07 Å². The number of nitrogens with two attached hydrogens (primary N) is 1. The zero-order valence-electron chi connectivity index (χ0n) is 9.87. The number of pyridine rings is 1. The van der Waals surface area contributed by atoms with Crippen LogP contribution in [-0.4, -0.2) is 41.4 Å². The van der Waals surface area contributed by atoms with Gasteiger partial charge in [0.05, 0.1) is 29.7 Å². The quantitative estimate of drug-likeness (QED) is 0.803. The molecule has 96 valence electrons. The minimum atomic E-state index is -1.02. The number of anilines is 2. The number of morpholine rings is 1. The van der Waals surface area contributed by atoms with Gasteiger partial charge in [-0.15, -0.1) is 0 Å². The number of nitrogen functional groups attached to an aromatic ring is 1. The topological polar surface area (TPSA) is 88.7 Å². The molecule has 2 aliphatic rings. The lowest BCUT2D eigenvalue weighted by Crippen LogP contribution is -2.43. The number of ether oxygens (including phenoxy) is 1. The Balaban J connectivity index is 1.88. The third-order valence-corrected chi connectivity index (χ3v) is 3.52. The van der Waals surface area contributed by atoms with E-state index in [2.05, 4.69) is 9.88 Å². The minimum Gasteiger partial charge on any atom is -0.478 e. The van der Waals surface area contributed by atoms with Crippen LogP contribution < -0.4 is 10.6 Å². The molecule has 18 heavy (non-hydrogen) atoms. The van der Waals surface area contributed by atoms with Gasteiger partial charge in [0.15, 0.2) is 0 Å². The fraction of sp³-hybridized carbons (Fsp3) is 0.500. The van der Waals surface area contributed by atoms with Crippen molar-refractivity contribution in [3.05, 3.63) is 17.8 Å². The summed E-state index contributed by atoms with van der Waals surface area (Å²) < 4.78 is 5.74. The number of carboxylic acids is 1. The van der Waals surface area contributed by atoms with E-state index in [0.29, 0.717) is 5.82 Å². The van der Waals surface area contributed by atoms with Gasteiger partial charge >= 0.3 is 5.97 Å². The average Bonchev–Trinajstić information content (AvgIpc) is 2.68. The number of carboxylic acid groups (broad SMARTS) is 1. The molecule has 0 aromatic carbocycles. The Hall–Kier alpha value is -1.82. The Morgan fingerprint density at radius 3 is 2.72 bits per heavy atom. The first-order chi connectivity index (χ1) is 8.63. The standard InChI is InChI=1S/C12H15N3O3/c13-10-4-14-11(3-9(10)12(16)17)15-5-7-1-2-8(6-15)18-7/h3-4,7-8H,1-2,5-6,13H2,(H,16,17). The molecule has 3 heterocycles. The van der Waals surface area contributed by atoms with Gasteiger partial charge in [-0.3, -0.25) is 0 Å². The highest BCUT2D eigenvalue weighted by molar-refractivity contribution is 5.94. The van der Waals surface area contributed by atoms with Crippen molar-refractivity contribution in [1.82, 2.24) is 4.98 Å². The van der Waals surface area contributed by atoms with Crippen molar-refractivity contribution in [3.8, 4) is 0 Å². The molecule has 2 aliphatic heterocycles. The van der Waals surface area contributed by atoms with Crippen LogP contribution in [0.1, 0.15) is 23.2 Å². The molecule has 2 atom stereocenters. The number of rotatable bonds is 2. The fourth-order valence-electron chi connectivity index (χ4n) is 2.61. The molecule has 1 aromatic rings.